The molecule has 1 aliphatic rings. The zero-order valence-electron chi connectivity index (χ0n) is 19.7. The maximum Gasteiger partial charge on any atom is 0.255 e. The first-order chi connectivity index (χ1) is 16.4. The number of nitrogens with one attached hydrogen (secondary N) is 1. The van der Waals surface area contributed by atoms with Crippen LogP contribution in [0.3, 0.4) is 0 Å². The minimum atomic E-state index is -0.375. The van der Waals surface area contributed by atoms with Crippen molar-refractivity contribution < 1.29 is 28.1 Å². The van der Waals surface area contributed by atoms with Gasteiger partial charge < -0.3 is 24.3 Å². The van der Waals surface area contributed by atoms with Crippen LogP contribution in [0.2, 0.25) is 0 Å². The van der Waals surface area contributed by atoms with E-state index in [9.17, 15) is 9.18 Å². The second kappa shape index (κ2) is 9.54. The molecule has 2 aromatic carbocycles. The number of aryl methyl sites for hydroxylation is 2. The summed E-state index contributed by atoms with van der Waals surface area (Å²) in [6.45, 7) is 3.86. The molecule has 1 aromatic heterocycles. The van der Waals surface area contributed by atoms with Crippen molar-refractivity contribution in [2.75, 3.05) is 27.9 Å². The number of ether oxygens (including phenoxy) is 4. The number of benzene rings is 2. The van der Waals surface area contributed by atoms with Gasteiger partial charge in [0, 0.05) is 23.7 Å². The predicted octanol–water partition coefficient (Wildman–Crippen LogP) is 3.66. The van der Waals surface area contributed by atoms with E-state index in [2.05, 4.69) is 15.3 Å². The summed E-state index contributed by atoms with van der Waals surface area (Å²) in [7, 11) is 4.44. The van der Waals surface area contributed by atoms with Crippen LogP contribution >= 0.6 is 0 Å². The summed E-state index contributed by atoms with van der Waals surface area (Å²) in [5.41, 5.74) is 3.56. The van der Waals surface area contributed by atoms with E-state index in [0.717, 1.165) is 11.3 Å². The number of nitrogens with zero attached hydrogens (tertiary/aromatic N) is 2. The number of amides is 1. The van der Waals surface area contributed by atoms with Gasteiger partial charge in [-0.25, -0.2) is 9.37 Å². The van der Waals surface area contributed by atoms with Crippen molar-refractivity contribution in [3.05, 3.63) is 58.8 Å². The third-order valence-electron chi connectivity index (χ3n) is 5.63. The Morgan fingerprint density at radius 2 is 1.91 bits per heavy atom. The highest BCUT2D eigenvalue weighted by molar-refractivity contribution is 5.98. The average molecular weight is 467 g/mol. The molecule has 4 rings (SSSR count). The van der Waals surface area contributed by atoms with Gasteiger partial charge in [0.1, 0.15) is 17.7 Å². The molecule has 3 aromatic rings. The smallest absolute Gasteiger partial charge is 0.255 e. The molecule has 0 fully saturated rings. The summed E-state index contributed by atoms with van der Waals surface area (Å²) in [6.07, 6.45) is 1.74. The Morgan fingerprint density at radius 1 is 1.15 bits per heavy atom. The van der Waals surface area contributed by atoms with Crippen molar-refractivity contribution in [1.29, 1.82) is 0 Å². The molecule has 0 saturated carbocycles. The van der Waals surface area contributed by atoms with Crippen molar-refractivity contribution in [3.8, 4) is 34.3 Å². The van der Waals surface area contributed by atoms with Gasteiger partial charge >= 0.3 is 0 Å². The number of hydrogen-bond acceptors (Lipinski definition) is 7. The molecule has 0 aliphatic carbocycles. The molecular weight excluding hydrogens is 441 g/mol. The van der Waals surface area contributed by atoms with E-state index in [1.54, 1.807) is 18.3 Å². The summed E-state index contributed by atoms with van der Waals surface area (Å²) in [5.74, 6) is 0.885. The highest BCUT2D eigenvalue weighted by Gasteiger charge is 2.29. The van der Waals surface area contributed by atoms with Crippen molar-refractivity contribution in [1.82, 2.24) is 15.3 Å². The minimum Gasteiger partial charge on any atom is -0.493 e. The highest BCUT2D eigenvalue weighted by atomic mass is 19.1. The summed E-state index contributed by atoms with van der Waals surface area (Å²) in [4.78, 5) is 21.8. The molecule has 0 unspecified atom stereocenters. The van der Waals surface area contributed by atoms with E-state index < -0.39 is 0 Å². The van der Waals surface area contributed by atoms with Gasteiger partial charge in [-0.2, -0.15) is 0 Å². The number of rotatable bonds is 7. The van der Waals surface area contributed by atoms with Crippen LogP contribution < -0.4 is 24.3 Å². The fraction of sp³-hybridized carbons (Fsp3) is 0.320. The zero-order chi connectivity index (χ0) is 24.4. The molecule has 8 nitrogen and oxygen atoms in total. The van der Waals surface area contributed by atoms with E-state index in [-0.39, 0.29) is 30.1 Å². The lowest BCUT2D eigenvalue weighted by molar-refractivity contribution is 0.0930. The summed E-state index contributed by atoms with van der Waals surface area (Å²) in [5, 5.41) is 2.87. The standard InChI is InChI=1S/C25H26FN3O5/c1-13-11-27-14(2)21(29-13)19-10-16(26)8-15-9-17(34-22(15)19)12-28-25(30)18-6-7-20(31-3)24(33-5)23(18)32-4/h6-8,10-11,17H,9,12H2,1-5H3,(H,28,30)/t17-/m1/s1. The van der Waals surface area contributed by atoms with E-state index >= 15 is 0 Å². The van der Waals surface area contributed by atoms with Crippen LogP contribution in [0.15, 0.2) is 30.5 Å². The number of fused-ring (bicyclic) bond motifs is 1. The van der Waals surface area contributed by atoms with Crippen LogP contribution in [-0.4, -0.2) is 49.9 Å². The fourth-order valence-electron chi connectivity index (χ4n) is 4.06. The molecule has 9 heteroatoms. The predicted molar refractivity (Wildman–Crippen MR) is 123 cm³/mol. The molecule has 0 spiro atoms. The van der Waals surface area contributed by atoms with Gasteiger partial charge in [-0.1, -0.05) is 0 Å². The molecule has 0 saturated heterocycles. The second-order valence-electron chi connectivity index (χ2n) is 7.92. The maximum atomic E-state index is 14.4. The highest BCUT2D eigenvalue weighted by Crippen LogP contribution is 2.41. The van der Waals surface area contributed by atoms with Crippen LogP contribution in [-0.2, 0) is 6.42 Å². The molecule has 1 N–H and O–H groups in total. The van der Waals surface area contributed by atoms with Gasteiger partial charge in [0.2, 0.25) is 5.75 Å². The lowest BCUT2D eigenvalue weighted by Gasteiger charge is -2.17. The van der Waals surface area contributed by atoms with Crippen LogP contribution in [0.1, 0.15) is 27.3 Å². The Bertz CT molecular complexity index is 1250. The molecule has 0 bridgehead atoms. The largest absolute Gasteiger partial charge is 0.493 e. The van der Waals surface area contributed by atoms with Gasteiger partial charge in [0.15, 0.2) is 11.5 Å². The molecule has 1 aliphatic heterocycles. The Morgan fingerprint density at radius 3 is 2.62 bits per heavy atom. The molecule has 34 heavy (non-hydrogen) atoms. The lowest BCUT2D eigenvalue weighted by Crippen LogP contribution is -2.34. The minimum absolute atomic E-state index is 0.213. The van der Waals surface area contributed by atoms with Gasteiger partial charge in [0.05, 0.1) is 50.5 Å². The Kier molecular flexibility index (Phi) is 6.54. The van der Waals surface area contributed by atoms with Crippen LogP contribution in [0.25, 0.3) is 11.3 Å². The van der Waals surface area contributed by atoms with Crippen molar-refractivity contribution in [2.45, 2.75) is 26.4 Å². The van der Waals surface area contributed by atoms with Crippen molar-refractivity contribution in [2.24, 2.45) is 0 Å². The monoisotopic (exact) mass is 467 g/mol. The SMILES string of the molecule is COc1ccc(C(=O)NC[C@H]2Cc3cc(F)cc(-c4nc(C)cnc4C)c3O2)c(OC)c1OC. The number of methoxy groups -OCH3 is 3. The number of halogens is 1. The lowest BCUT2D eigenvalue weighted by atomic mass is 10.0. The Balaban J connectivity index is 1.54. The maximum absolute atomic E-state index is 14.4. The number of hydrogen-bond donors (Lipinski definition) is 1. The van der Waals surface area contributed by atoms with Crippen LogP contribution in [0.5, 0.6) is 23.0 Å². The second-order valence-corrected chi connectivity index (χ2v) is 7.92. The van der Waals surface area contributed by atoms with Gasteiger partial charge in [0.25, 0.3) is 5.91 Å². The molecule has 178 valence electrons. The van der Waals surface area contributed by atoms with Crippen LogP contribution in [0, 0.1) is 19.7 Å². The summed E-state index contributed by atoms with van der Waals surface area (Å²) >= 11 is 0. The van der Waals surface area contributed by atoms with E-state index in [1.807, 2.05) is 13.8 Å². The fourth-order valence-corrected chi connectivity index (χ4v) is 4.06. The average Bonchev–Trinajstić information content (AvgIpc) is 3.25. The van der Waals surface area contributed by atoms with Crippen molar-refractivity contribution >= 4 is 5.91 Å². The van der Waals surface area contributed by atoms with E-state index in [0.29, 0.717) is 46.2 Å². The number of aromatic nitrogens is 2. The topological polar surface area (TPSA) is 91.8 Å². The number of carbonyl (C=O) groups is 1. The van der Waals surface area contributed by atoms with Crippen molar-refractivity contribution in [3.63, 3.8) is 0 Å². The molecule has 2 heterocycles. The van der Waals surface area contributed by atoms with Gasteiger partial charge in [-0.3, -0.25) is 9.78 Å². The van der Waals surface area contributed by atoms with Crippen LogP contribution in [0.4, 0.5) is 4.39 Å². The number of carbonyl (C=O) groups excluding carboxylic acids is 1. The zero-order valence-corrected chi connectivity index (χ0v) is 19.7. The first-order valence-corrected chi connectivity index (χ1v) is 10.7. The first-order valence-electron chi connectivity index (χ1n) is 10.7. The van der Waals surface area contributed by atoms with Gasteiger partial charge in [-0.05, 0) is 38.1 Å². The normalized spacial score (nSPS) is 14.2. The molecule has 1 amide bonds. The Hall–Kier alpha value is -3.88. The molecular formula is C25H26FN3O5. The summed E-state index contributed by atoms with van der Waals surface area (Å²) in [6, 6.07) is 6.10. The Labute approximate surface area is 197 Å². The third-order valence-corrected chi connectivity index (χ3v) is 5.63. The van der Waals surface area contributed by atoms with Gasteiger partial charge in [-0.15, -0.1) is 0 Å². The molecule has 0 radical (unpaired) electrons. The first kappa shape index (κ1) is 23.3. The van der Waals surface area contributed by atoms with E-state index in [4.69, 9.17) is 18.9 Å². The molecule has 1 atom stereocenters. The van der Waals surface area contributed by atoms with E-state index in [1.165, 1.54) is 33.5 Å². The quantitative estimate of drug-likeness (QED) is 0.567. The summed E-state index contributed by atoms with van der Waals surface area (Å²) < 4.78 is 36.6. The third kappa shape index (κ3) is 4.33.